The Labute approximate surface area is 168 Å². The first-order valence-electron chi connectivity index (χ1n) is 8.81. The SMILES string of the molecule is Cc1ccc(C(=O)Nc2cccc(C(F)(F)F)c2)cc1Nc1ncnc2[nH]ncc12. The minimum absolute atomic E-state index is 0.0563. The van der Waals surface area contributed by atoms with Crippen molar-refractivity contribution in [1.29, 1.82) is 0 Å². The summed E-state index contributed by atoms with van der Waals surface area (Å²) in [5.74, 6) is -0.0270. The number of aromatic nitrogens is 4. The van der Waals surface area contributed by atoms with Crippen LogP contribution < -0.4 is 10.6 Å². The van der Waals surface area contributed by atoms with Gasteiger partial charge < -0.3 is 10.6 Å². The molecule has 0 aliphatic rings. The molecule has 2 heterocycles. The Kier molecular flexibility index (Phi) is 4.82. The maximum absolute atomic E-state index is 12.9. The van der Waals surface area contributed by atoms with Crippen LogP contribution in [0, 0.1) is 6.92 Å². The van der Waals surface area contributed by atoms with Gasteiger partial charge in [-0.25, -0.2) is 9.97 Å². The van der Waals surface area contributed by atoms with Crippen LogP contribution in [0.3, 0.4) is 0 Å². The van der Waals surface area contributed by atoms with Gasteiger partial charge >= 0.3 is 6.18 Å². The summed E-state index contributed by atoms with van der Waals surface area (Å²) in [5.41, 5.74) is 1.52. The number of hydrogen-bond donors (Lipinski definition) is 3. The molecule has 2 aromatic heterocycles. The second-order valence-corrected chi connectivity index (χ2v) is 6.54. The first-order chi connectivity index (χ1) is 14.3. The van der Waals surface area contributed by atoms with Crippen molar-refractivity contribution < 1.29 is 18.0 Å². The Balaban J connectivity index is 1.59. The highest BCUT2D eigenvalue weighted by atomic mass is 19.4. The molecule has 152 valence electrons. The number of carbonyl (C=O) groups excluding carboxylic acids is 1. The molecule has 0 saturated heterocycles. The smallest absolute Gasteiger partial charge is 0.339 e. The summed E-state index contributed by atoms with van der Waals surface area (Å²) < 4.78 is 38.6. The molecule has 0 atom stereocenters. The fourth-order valence-electron chi connectivity index (χ4n) is 2.87. The van der Waals surface area contributed by atoms with Gasteiger partial charge in [-0.3, -0.25) is 9.89 Å². The molecule has 0 unspecified atom stereocenters. The molecule has 3 N–H and O–H groups in total. The number of aromatic amines is 1. The van der Waals surface area contributed by atoms with Crippen molar-refractivity contribution in [1.82, 2.24) is 20.2 Å². The quantitative estimate of drug-likeness (QED) is 0.453. The second-order valence-electron chi connectivity index (χ2n) is 6.54. The lowest BCUT2D eigenvalue weighted by Gasteiger charge is -2.13. The second kappa shape index (κ2) is 7.47. The van der Waals surface area contributed by atoms with Gasteiger partial charge in [-0.05, 0) is 42.8 Å². The highest BCUT2D eigenvalue weighted by Gasteiger charge is 2.30. The summed E-state index contributed by atoms with van der Waals surface area (Å²) in [6.45, 7) is 1.85. The Bertz CT molecular complexity index is 1230. The highest BCUT2D eigenvalue weighted by molar-refractivity contribution is 6.05. The summed E-state index contributed by atoms with van der Waals surface area (Å²) in [5, 5.41) is 13.0. The molecule has 0 bridgehead atoms. The molecule has 0 spiro atoms. The molecular formula is C20H15F3N6O. The van der Waals surface area contributed by atoms with Gasteiger partial charge in [0.05, 0.1) is 17.1 Å². The van der Waals surface area contributed by atoms with E-state index in [-0.39, 0.29) is 11.3 Å². The van der Waals surface area contributed by atoms with Gasteiger partial charge in [0.1, 0.15) is 12.1 Å². The number of aryl methyl sites for hydroxylation is 1. The number of hydrogen-bond acceptors (Lipinski definition) is 5. The topological polar surface area (TPSA) is 95.6 Å². The maximum atomic E-state index is 12.9. The van der Waals surface area contributed by atoms with E-state index in [1.165, 1.54) is 18.5 Å². The Hall–Kier alpha value is -3.95. The third-order valence-corrected chi connectivity index (χ3v) is 4.45. The molecule has 1 amide bonds. The van der Waals surface area contributed by atoms with E-state index in [1.807, 2.05) is 6.92 Å². The average Bonchev–Trinajstić information content (AvgIpc) is 3.19. The molecule has 30 heavy (non-hydrogen) atoms. The van der Waals surface area contributed by atoms with Crippen LogP contribution in [0.15, 0.2) is 55.0 Å². The van der Waals surface area contributed by atoms with E-state index in [0.29, 0.717) is 22.5 Å². The molecule has 10 heteroatoms. The van der Waals surface area contributed by atoms with E-state index in [0.717, 1.165) is 17.7 Å². The molecule has 0 saturated carbocycles. The van der Waals surface area contributed by atoms with E-state index < -0.39 is 17.6 Å². The number of halogens is 3. The monoisotopic (exact) mass is 412 g/mol. The number of alkyl halides is 3. The van der Waals surface area contributed by atoms with Crippen LogP contribution >= 0.6 is 0 Å². The van der Waals surface area contributed by atoms with Crippen LogP contribution in [0.25, 0.3) is 11.0 Å². The number of carbonyl (C=O) groups is 1. The minimum Gasteiger partial charge on any atom is -0.339 e. The van der Waals surface area contributed by atoms with Crippen LogP contribution in [-0.2, 0) is 6.18 Å². The van der Waals surface area contributed by atoms with Crippen molar-refractivity contribution in [2.75, 3.05) is 10.6 Å². The van der Waals surface area contributed by atoms with Crippen LogP contribution in [0.5, 0.6) is 0 Å². The Morgan fingerprint density at radius 3 is 2.73 bits per heavy atom. The number of anilines is 3. The van der Waals surface area contributed by atoms with Crippen LogP contribution in [0.4, 0.5) is 30.4 Å². The lowest BCUT2D eigenvalue weighted by atomic mass is 10.1. The number of fused-ring (bicyclic) bond motifs is 1. The fourth-order valence-corrected chi connectivity index (χ4v) is 2.87. The predicted molar refractivity (Wildman–Crippen MR) is 106 cm³/mol. The summed E-state index contributed by atoms with van der Waals surface area (Å²) >= 11 is 0. The maximum Gasteiger partial charge on any atom is 0.416 e. The Morgan fingerprint density at radius 1 is 1.10 bits per heavy atom. The molecule has 0 aliphatic heterocycles. The Morgan fingerprint density at radius 2 is 1.93 bits per heavy atom. The van der Waals surface area contributed by atoms with Crippen molar-refractivity contribution >= 4 is 34.1 Å². The first kappa shape index (κ1) is 19.4. The molecule has 0 aliphatic carbocycles. The summed E-state index contributed by atoms with van der Waals surface area (Å²) in [7, 11) is 0. The molecule has 0 fully saturated rings. The first-order valence-corrected chi connectivity index (χ1v) is 8.81. The standard InChI is InChI=1S/C20H15F3N6O/c1-11-5-6-12(19(30)27-14-4-2-3-13(8-14)20(21,22)23)7-16(11)28-17-15-9-26-29-18(15)25-10-24-17/h2-10H,1H3,(H,27,30)(H2,24,25,26,28,29). The molecule has 2 aromatic carbocycles. The van der Waals surface area contributed by atoms with Crippen molar-refractivity contribution in [3.63, 3.8) is 0 Å². The van der Waals surface area contributed by atoms with Gasteiger partial charge in [-0.2, -0.15) is 18.3 Å². The largest absolute Gasteiger partial charge is 0.416 e. The number of nitrogens with zero attached hydrogens (tertiary/aromatic N) is 3. The number of H-pyrrole nitrogens is 1. The molecule has 7 nitrogen and oxygen atoms in total. The summed E-state index contributed by atoms with van der Waals surface area (Å²) in [6.07, 6.45) is -1.53. The van der Waals surface area contributed by atoms with Gasteiger partial charge in [0.25, 0.3) is 5.91 Å². The predicted octanol–water partition coefficient (Wildman–Crippen LogP) is 4.68. The highest BCUT2D eigenvalue weighted by Crippen LogP contribution is 2.31. The van der Waals surface area contributed by atoms with E-state index in [4.69, 9.17) is 0 Å². The van der Waals surface area contributed by atoms with Gasteiger partial charge in [-0.1, -0.05) is 12.1 Å². The number of nitrogens with one attached hydrogen (secondary N) is 3. The zero-order valence-electron chi connectivity index (χ0n) is 15.6. The van der Waals surface area contributed by atoms with E-state index in [2.05, 4.69) is 30.8 Å². The van der Waals surface area contributed by atoms with Gasteiger partial charge in [-0.15, -0.1) is 0 Å². The normalized spacial score (nSPS) is 11.5. The van der Waals surface area contributed by atoms with E-state index in [1.54, 1.807) is 24.4 Å². The lowest BCUT2D eigenvalue weighted by molar-refractivity contribution is -0.137. The molecular weight excluding hydrogens is 397 g/mol. The van der Waals surface area contributed by atoms with Crippen LogP contribution in [0.2, 0.25) is 0 Å². The third kappa shape index (κ3) is 3.93. The van der Waals surface area contributed by atoms with E-state index >= 15 is 0 Å². The number of benzene rings is 2. The zero-order valence-corrected chi connectivity index (χ0v) is 15.6. The van der Waals surface area contributed by atoms with Crippen molar-refractivity contribution in [3.8, 4) is 0 Å². The van der Waals surface area contributed by atoms with E-state index in [9.17, 15) is 18.0 Å². The lowest BCUT2D eigenvalue weighted by Crippen LogP contribution is -2.13. The fraction of sp³-hybridized carbons (Fsp3) is 0.100. The van der Waals surface area contributed by atoms with Gasteiger partial charge in [0.2, 0.25) is 0 Å². The van der Waals surface area contributed by atoms with Crippen LogP contribution in [-0.4, -0.2) is 26.1 Å². The van der Waals surface area contributed by atoms with Crippen molar-refractivity contribution in [2.45, 2.75) is 13.1 Å². The molecule has 4 aromatic rings. The minimum atomic E-state index is -4.49. The van der Waals surface area contributed by atoms with Gasteiger partial charge in [0.15, 0.2) is 5.65 Å². The van der Waals surface area contributed by atoms with Crippen molar-refractivity contribution in [3.05, 3.63) is 71.7 Å². The van der Waals surface area contributed by atoms with Crippen molar-refractivity contribution in [2.24, 2.45) is 0 Å². The molecule has 0 radical (unpaired) electrons. The summed E-state index contributed by atoms with van der Waals surface area (Å²) in [6, 6.07) is 9.41. The van der Waals surface area contributed by atoms with Gasteiger partial charge in [0, 0.05) is 16.9 Å². The zero-order chi connectivity index (χ0) is 21.3. The average molecular weight is 412 g/mol. The molecule has 4 rings (SSSR count). The summed E-state index contributed by atoms with van der Waals surface area (Å²) in [4.78, 5) is 20.9. The number of amides is 1. The van der Waals surface area contributed by atoms with Crippen LogP contribution in [0.1, 0.15) is 21.5 Å². The number of rotatable bonds is 4. The third-order valence-electron chi connectivity index (χ3n) is 4.45.